The summed E-state index contributed by atoms with van der Waals surface area (Å²) < 4.78 is 43.7. The highest BCUT2D eigenvalue weighted by Crippen LogP contribution is 2.41. The molecule has 0 radical (unpaired) electrons. The standard InChI is InChI=1S/C15H20F3NO/c1-9-8-11(15(16,17)18)6-7-12(9)13(19-2)14(20-3)10-4-5-10/h6-8,10,13-14,19H,4-5H2,1-3H3. The molecule has 1 saturated carbocycles. The van der Waals surface area contributed by atoms with Gasteiger partial charge in [-0.3, -0.25) is 0 Å². The summed E-state index contributed by atoms with van der Waals surface area (Å²) in [7, 11) is 3.48. The maximum absolute atomic E-state index is 12.7. The van der Waals surface area contributed by atoms with Gasteiger partial charge in [0.25, 0.3) is 0 Å². The van der Waals surface area contributed by atoms with Gasteiger partial charge >= 0.3 is 6.18 Å². The first-order valence-corrected chi connectivity index (χ1v) is 6.76. The maximum atomic E-state index is 12.7. The summed E-state index contributed by atoms with van der Waals surface area (Å²) in [5.41, 5.74) is 0.912. The van der Waals surface area contributed by atoms with Gasteiger partial charge < -0.3 is 10.1 Å². The Kier molecular flexibility index (Phi) is 4.39. The number of rotatable bonds is 5. The topological polar surface area (TPSA) is 21.3 Å². The molecule has 2 rings (SSSR count). The summed E-state index contributed by atoms with van der Waals surface area (Å²) in [5, 5.41) is 3.18. The van der Waals surface area contributed by atoms with Crippen LogP contribution in [-0.2, 0) is 10.9 Å². The van der Waals surface area contributed by atoms with E-state index < -0.39 is 11.7 Å². The number of nitrogens with one attached hydrogen (secondary N) is 1. The fourth-order valence-corrected chi connectivity index (χ4v) is 2.72. The zero-order valence-electron chi connectivity index (χ0n) is 11.9. The first kappa shape index (κ1) is 15.3. The molecule has 5 heteroatoms. The number of aryl methyl sites for hydroxylation is 1. The molecular formula is C15H20F3NO. The van der Waals surface area contributed by atoms with E-state index in [-0.39, 0.29) is 12.1 Å². The highest BCUT2D eigenvalue weighted by atomic mass is 19.4. The van der Waals surface area contributed by atoms with Gasteiger partial charge in [-0.25, -0.2) is 0 Å². The van der Waals surface area contributed by atoms with Crippen LogP contribution in [0.15, 0.2) is 18.2 Å². The van der Waals surface area contributed by atoms with E-state index in [4.69, 9.17) is 4.74 Å². The van der Waals surface area contributed by atoms with Gasteiger partial charge in [0.1, 0.15) is 0 Å². The Hall–Kier alpha value is -1.07. The molecule has 112 valence electrons. The molecule has 2 unspecified atom stereocenters. The van der Waals surface area contributed by atoms with Crippen LogP contribution in [0.1, 0.15) is 35.6 Å². The van der Waals surface area contributed by atoms with Crippen LogP contribution in [0.25, 0.3) is 0 Å². The van der Waals surface area contributed by atoms with Crippen molar-refractivity contribution in [3.05, 3.63) is 34.9 Å². The van der Waals surface area contributed by atoms with Crippen LogP contribution in [0.3, 0.4) is 0 Å². The average Bonchev–Trinajstić information content (AvgIpc) is 3.19. The van der Waals surface area contributed by atoms with Gasteiger partial charge in [0.15, 0.2) is 0 Å². The molecule has 0 saturated heterocycles. The first-order chi connectivity index (χ1) is 9.38. The lowest BCUT2D eigenvalue weighted by atomic mass is 9.93. The monoisotopic (exact) mass is 287 g/mol. The molecule has 0 aromatic heterocycles. The van der Waals surface area contributed by atoms with Crippen LogP contribution < -0.4 is 5.32 Å². The van der Waals surface area contributed by atoms with Crippen molar-refractivity contribution in [1.82, 2.24) is 5.32 Å². The average molecular weight is 287 g/mol. The minimum atomic E-state index is -4.30. The van der Waals surface area contributed by atoms with E-state index in [0.717, 1.165) is 24.5 Å². The van der Waals surface area contributed by atoms with Gasteiger partial charge in [0.2, 0.25) is 0 Å². The molecule has 1 N–H and O–H groups in total. The van der Waals surface area contributed by atoms with Gasteiger partial charge in [-0.15, -0.1) is 0 Å². The summed E-state index contributed by atoms with van der Waals surface area (Å²) in [4.78, 5) is 0. The molecule has 0 heterocycles. The SMILES string of the molecule is CNC(c1ccc(C(F)(F)F)cc1C)C(OC)C1CC1. The van der Waals surface area contributed by atoms with Crippen molar-refractivity contribution in [3.63, 3.8) is 0 Å². The second-order valence-electron chi connectivity index (χ2n) is 5.37. The van der Waals surface area contributed by atoms with Gasteiger partial charge in [0, 0.05) is 7.11 Å². The third-order valence-electron chi connectivity index (χ3n) is 3.93. The van der Waals surface area contributed by atoms with E-state index in [1.54, 1.807) is 20.1 Å². The molecule has 0 amide bonds. The van der Waals surface area contributed by atoms with E-state index in [1.807, 2.05) is 7.05 Å². The highest BCUT2D eigenvalue weighted by molar-refractivity contribution is 5.35. The lowest BCUT2D eigenvalue weighted by Crippen LogP contribution is -2.33. The van der Waals surface area contributed by atoms with Crippen LogP contribution in [0.4, 0.5) is 13.2 Å². The molecule has 2 nitrogen and oxygen atoms in total. The fourth-order valence-electron chi connectivity index (χ4n) is 2.72. The van der Waals surface area contributed by atoms with Gasteiger partial charge in [0.05, 0.1) is 17.7 Å². The summed E-state index contributed by atoms with van der Waals surface area (Å²) >= 11 is 0. The van der Waals surface area contributed by atoms with E-state index in [9.17, 15) is 13.2 Å². The van der Waals surface area contributed by atoms with Crippen molar-refractivity contribution >= 4 is 0 Å². The summed E-state index contributed by atoms with van der Waals surface area (Å²) in [6.07, 6.45) is -2.04. The molecule has 1 aliphatic carbocycles. The van der Waals surface area contributed by atoms with E-state index in [0.29, 0.717) is 11.5 Å². The molecule has 1 aromatic carbocycles. The lowest BCUT2D eigenvalue weighted by molar-refractivity contribution is -0.137. The fraction of sp³-hybridized carbons (Fsp3) is 0.600. The smallest absolute Gasteiger partial charge is 0.379 e. The maximum Gasteiger partial charge on any atom is 0.416 e. The van der Waals surface area contributed by atoms with Crippen LogP contribution in [0.5, 0.6) is 0 Å². The number of benzene rings is 1. The molecule has 0 spiro atoms. The van der Waals surface area contributed by atoms with Crippen LogP contribution in [0.2, 0.25) is 0 Å². The van der Waals surface area contributed by atoms with Crippen molar-refractivity contribution in [2.45, 2.75) is 38.1 Å². The second-order valence-corrected chi connectivity index (χ2v) is 5.37. The Morgan fingerprint density at radius 2 is 1.95 bits per heavy atom. The van der Waals surface area contributed by atoms with Crippen molar-refractivity contribution in [1.29, 1.82) is 0 Å². The Bertz CT molecular complexity index is 469. The molecule has 1 aliphatic rings. The quantitative estimate of drug-likeness (QED) is 0.891. The lowest BCUT2D eigenvalue weighted by Gasteiger charge is -2.27. The number of halogens is 3. The minimum absolute atomic E-state index is 0.00966. The van der Waals surface area contributed by atoms with Crippen molar-refractivity contribution in [2.75, 3.05) is 14.2 Å². The Morgan fingerprint density at radius 1 is 1.30 bits per heavy atom. The van der Waals surface area contributed by atoms with Gasteiger partial charge in [-0.05, 0) is 56.0 Å². The molecule has 20 heavy (non-hydrogen) atoms. The third kappa shape index (κ3) is 3.15. The minimum Gasteiger partial charge on any atom is -0.379 e. The van der Waals surface area contributed by atoms with Gasteiger partial charge in [-0.2, -0.15) is 13.2 Å². The number of alkyl halides is 3. The molecule has 0 bridgehead atoms. The van der Waals surface area contributed by atoms with Crippen molar-refractivity contribution < 1.29 is 17.9 Å². The van der Waals surface area contributed by atoms with Crippen molar-refractivity contribution in [3.8, 4) is 0 Å². The van der Waals surface area contributed by atoms with E-state index in [2.05, 4.69) is 5.32 Å². The summed E-state index contributed by atoms with van der Waals surface area (Å²) in [5.74, 6) is 0.499. The van der Waals surface area contributed by atoms with Crippen molar-refractivity contribution in [2.24, 2.45) is 5.92 Å². The Labute approximate surface area is 117 Å². The second kappa shape index (κ2) is 5.74. The van der Waals surface area contributed by atoms with Crippen LogP contribution >= 0.6 is 0 Å². The molecule has 0 aliphatic heterocycles. The molecule has 1 aromatic rings. The van der Waals surface area contributed by atoms with E-state index >= 15 is 0 Å². The Balaban J connectivity index is 2.30. The normalized spacial score (nSPS) is 18.9. The molecule has 1 fully saturated rings. The predicted molar refractivity (Wildman–Crippen MR) is 71.5 cm³/mol. The predicted octanol–water partition coefficient (Wildman–Crippen LogP) is 3.70. The zero-order chi connectivity index (χ0) is 14.9. The highest BCUT2D eigenvalue weighted by Gasteiger charge is 2.38. The van der Waals surface area contributed by atoms with Crippen LogP contribution in [0, 0.1) is 12.8 Å². The Morgan fingerprint density at radius 3 is 2.35 bits per heavy atom. The molecular weight excluding hydrogens is 267 g/mol. The molecule has 2 atom stereocenters. The third-order valence-corrected chi connectivity index (χ3v) is 3.93. The number of hydrogen-bond acceptors (Lipinski definition) is 2. The number of hydrogen-bond donors (Lipinski definition) is 1. The first-order valence-electron chi connectivity index (χ1n) is 6.76. The van der Waals surface area contributed by atoms with Crippen LogP contribution in [-0.4, -0.2) is 20.3 Å². The number of methoxy groups -OCH3 is 1. The largest absolute Gasteiger partial charge is 0.416 e. The number of likely N-dealkylation sites (N-methyl/N-ethyl adjacent to an activating group) is 1. The van der Waals surface area contributed by atoms with E-state index in [1.165, 1.54) is 6.07 Å². The summed E-state index contributed by atoms with van der Waals surface area (Å²) in [6.45, 7) is 1.72. The summed E-state index contributed by atoms with van der Waals surface area (Å²) in [6, 6.07) is 3.84. The zero-order valence-corrected chi connectivity index (χ0v) is 11.9. The number of ether oxygens (including phenoxy) is 1. The van der Waals surface area contributed by atoms with Gasteiger partial charge in [-0.1, -0.05) is 6.07 Å².